The van der Waals surface area contributed by atoms with Crippen LogP contribution >= 0.6 is 0 Å². The van der Waals surface area contributed by atoms with E-state index in [1.165, 1.54) is 5.56 Å². The molecule has 0 aliphatic carbocycles. The van der Waals surface area contributed by atoms with Crippen molar-refractivity contribution >= 4 is 5.69 Å². The monoisotopic (exact) mass is 354 g/mol. The van der Waals surface area contributed by atoms with Gasteiger partial charge in [-0.3, -0.25) is 10.1 Å². The van der Waals surface area contributed by atoms with Gasteiger partial charge in [-0.1, -0.05) is 55.5 Å². The summed E-state index contributed by atoms with van der Waals surface area (Å²) in [4.78, 5) is 10.9. The normalized spacial score (nSPS) is 22.1. The van der Waals surface area contributed by atoms with Crippen molar-refractivity contribution in [2.24, 2.45) is 5.92 Å². The van der Waals surface area contributed by atoms with Crippen LogP contribution in [-0.2, 0) is 11.2 Å². The lowest BCUT2D eigenvalue weighted by molar-refractivity contribution is -0.385. The molecular weight excluding hydrogens is 328 g/mol. The fourth-order valence-corrected chi connectivity index (χ4v) is 3.62. The van der Waals surface area contributed by atoms with Crippen molar-refractivity contribution in [3.63, 3.8) is 0 Å². The van der Waals surface area contributed by atoms with Crippen LogP contribution < -0.4 is 5.32 Å². The molecule has 0 saturated carbocycles. The van der Waals surface area contributed by atoms with E-state index in [0.29, 0.717) is 6.42 Å². The summed E-state index contributed by atoms with van der Waals surface area (Å²) in [5.74, 6) is 0.271. The molecule has 5 heteroatoms. The van der Waals surface area contributed by atoms with Crippen LogP contribution in [0.2, 0.25) is 0 Å². The van der Waals surface area contributed by atoms with Gasteiger partial charge in [0.05, 0.1) is 11.0 Å². The van der Waals surface area contributed by atoms with Gasteiger partial charge in [-0.2, -0.15) is 0 Å². The topological polar surface area (TPSA) is 64.4 Å². The van der Waals surface area contributed by atoms with Crippen molar-refractivity contribution in [2.45, 2.75) is 44.9 Å². The zero-order valence-electron chi connectivity index (χ0n) is 15.3. The highest BCUT2D eigenvalue weighted by molar-refractivity contribution is 5.40. The summed E-state index contributed by atoms with van der Waals surface area (Å²) in [6, 6.07) is 17.8. The van der Waals surface area contributed by atoms with Crippen molar-refractivity contribution < 1.29 is 9.66 Å². The fraction of sp³-hybridized carbons (Fsp3) is 0.429. The lowest BCUT2D eigenvalue weighted by atomic mass is 9.92. The molecule has 1 fully saturated rings. The Morgan fingerprint density at radius 2 is 1.85 bits per heavy atom. The molecule has 0 spiro atoms. The second-order valence-electron chi connectivity index (χ2n) is 7.12. The van der Waals surface area contributed by atoms with Crippen LogP contribution in [0.4, 0.5) is 5.69 Å². The van der Waals surface area contributed by atoms with Gasteiger partial charge in [0.25, 0.3) is 5.69 Å². The Bertz CT molecular complexity index is 735. The molecule has 1 heterocycles. The van der Waals surface area contributed by atoms with E-state index in [1.807, 2.05) is 30.3 Å². The lowest BCUT2D eigenvalue weighted by Crippen LogP contribution is -2.42. The minimum atomic E-state index is -0.295. The van der Waals surface area contributed by atoms with E-state index in [1.54, 1.807) is 12.1 Å². The number of nitrogens with zero attached hydrogens (tertiary/aromatic N) is 1. The van der Waals surface area contributed by atoms with Gasteiger partial charge < -0.3 is 10.1 Å². The molecule has 2 aromatic rings. The van der Waals surface area contributed by atoms with Crippen LogP contribution in [-0.4, -0.2) is 23.6 Å². The van der Waals surface area contributed by atoms with Gasteiger partial charge in [0.1, 0.15) is 0 Å². The molecule has 26 heavy (non-hydrogen) atoms. The first-order valence-corrected chi connectivity index (χ1v) is 9.21. The third-order valence-corrected chi connectivity index (χ3v) is 5.28. The van der Waals surface area contributed by atoms with Gasteiger partial charge in [-0.25, -0.2) is 0 Å². The van der Waals surface area contributed by atoms with Crippen molar-refractivity contribution in [3.8, 4) is 0 Å². The average molecular weight is 354 g/mol. The maximum atomic E-state index is 11.2. The van der Waals surface area contributed by atoms with Crippen LogP contribution in [0.15, 0.2) is 54.6 Å². The van der Waals surface area contributed by atoms with Gasteiger partial charge in [-0.05, 0) is 31.2 Å². The highest BCUT2D eigenvalue weighted by Gasteiger charge is 2.31. The molecular formula is C21H26N2O3. The molecule has 5 nitrogen and oxygen atoms in total. The fourth-order valence-electron chi connectivity index (χ4n) is 3.62. The molecule has 3 rings (SSSR count). The van der Waals surface area contributed by atoms with Gasteiger partial charge in [-0.15, -0.1) is 0 Å². The second kappa shape index (κ2) is 8.43. The standard InChI is InChI=1S/C21H26N2O3/c1-15(14-18-10-6-7-11-20(18)23(24)25)16(2)22-19-12-13-26-21(19)17-8-4-3-5-9-17/h3-11,15-16,19,21-22H,12-14H2,1-2H3/t15-,16+,19+,21-/m1/s1. The molecule has 2 aromatic carbocycles. The van der Waals surface area contributed by atoms with Crippen LogP contribution in [0.1, 0.15) is 37.5 Å². The molecule has 0 radical (unpaired) electrons. The third-order valence-electron chi connectivity index (χ3n) is 5.28. The van der Waals surface area contributed by atoms with E-state index in [0.717, 1.165) is 18.6 Å². The Hall–Kier alpha value is -2.24. The number of nitro benzene ring substituents is 1. The van der Waals surface area contributed by atoms with Gasteiger partial charge in [0.2, 0.25) is 0 Å². The quantitative estimate of drug-likeness (QED) is 0.595. The molecule has 1 aliphatic heterocycles. The van der Waals surface area contributed by atoms with E-state index in [4.69, 9.17) is 4.74 Å². The molecule has 138 valence electrons. The summed E-state index contributed by atoms with van der Waals surface area (Å²) < 4.78 is 5.95. The van der Waals surface area contributed by atoms with E-state index in [9.17, 15) is 10.1 Å². The molecule has 4 atom stereocenters. The summed E-state index contributed by atoms with van der Waals surface area (Å²) in [7, 11) is 0. The zero-order valence-corrected chi connectivity index (χ0v) is 15.3. The van der Waals surface area contributed by atoms with Crippen molar-refractivity contribution in [3.05, 3.63) is 75.8 Å². The molecule has 1 aliphatic rings. The van der Waals surface area contributed by atoms with Crippen molar-refractivity contribution in [1.29, 1.82) is 0 Å². The van der Waals surface area contributed by atoms with Crippen LogP contribution in [0.25, 0.3) is 0 Å². The van der Waals surface area contributed by atoms with Crippen LogP contribution in [0.3, 0.4) is 0 Å². The minimum absolute atomic E-state index is 0.0666. The van der Waals surface area contributed by atoms with E-state index < -0.39 is 0 Å². The molecule has 1 saturated heterocycles. The Morgan fingerprint density at radius 3 is 2.58 bits per heavy atom. The molecule has 0 amide bonds. The van der Waals surface area contributed by atoms with Crippen molar-refractivity contribution in [2.75, 3.05) is 6.61 Å². The smallest absolute Gasteiger partial charge is 0.272 e. The lowest BCUT2D eigenvalue weighted by Gasteiger charge is -2.28. The highest BCUT2D eigenvalue weighted by Crippen LogP contribution is 2.30. The number of rotatable bonds is 7. The summed E-state index contributed by atoms with van der Waals surface area (Å²) >= 11 is 0. The average Bonchev–Trinajstić information content (AvgIpc) is 3.10. The van der Waals surface area contributed by atoms with Gasteiger partial charge >= 0.3 is 0 Å². The Kier molecular flexibility index (Phi) is 6.01. The maximum Gasteiger partial charge on any atom is 0.272 e. The Labute approximate surface area is 154 Å². The number of ether oxygens (including phenoxy) is 1. The number of nitrogens with one attached hydrogen (secondary N) is 1. The number of para-hydroxylation sites is 1. The number of nitro groups is 1. The number of hydrogen-bond acceptors (Lipinski definition) is 4. The van der Waals surface area contributed by atoms with E-state index in [2.05, 4.69) is 31.3 Å². The zero-order chi connectivity index (χ0) is 18.5. The second-order valence-corrected chi connectivity index (χ2v) is 7.12. The summed E-state index contributed by atoms with van der Waals surface area (Å²) in [6.07, 6.45) is 1.72. The Balaban J connectivity index is 1.64. The highest BCUT2D eigenvalue weighted by atomic mass is 16.6. The molecule has 1 N–H and O–H groups in total. The first kappa shape index (κ1) is 18.5. The predicted molar refractivity (Wildman–Crippen MR) is 102 cm³/mol. The molecule has 0 unspecified atom stereocenters. The first-order chi connectivity index (χ1) is 12.6. The van der Waals surface area contributed by atoms with E-state index in [-0.39, 0.29) is 34.7 Å². The summed E-state index contributed by atoms with van der Waals surface area (Å²) in [5.41, 5.74) is 2.19. The first-order valence-electron chi connectivity index (χ1n) is 9.21. The predicted octanol–water partition coefficient (Wildman–Crippen LogP) is 4.28. The Morgan fingerprint density at radius 1 is 1.15 bits per heavy atom. The van der Waals surface area contributed by atoms with E-state index >= 15 is 0 Å². The van der Waals surface area contributed by atoms with Crippen molar-refractivity contribution in [1.82, 2.24) is 5.32 Å². The molecule has 0 bridgehead atoms. The molecule has 0 aromatic heterocycles. The SMILES string of the molecule is C[C@H](Cc1ccccc1[N+](=O)[O-])[C@H](C)N[C@H]1CCO[C@@H]1c1ccccc1. The number of benzene rings is 2. The summed E-state index contributed by atoms with van der Waals surface area (Å²) in [5, 5.41) is 14.9. The maximum absolute atomic E-state index is 11.2. The number of hydrogen-bond donors (Lipinski definition) is 1. The summed E-state index contributed by atoms with van der Waals surface area (Å²) in [6.45, 7) is 5.05. The van der Waals surface area contributed by atoms with Gasteiger partial charge in [0, 0.05) is 30.3 Å². The minimum Gasteiger partial charge on any atom is -0.372 e. The third kappa shape index (κ3) is 4.29. The van der Waals surface area contributed by atoms with Gasteiger partial charge in [0.15, 0.2) is 0 Å². The largest absolute Gasteiger partial charge is 0.372 e. The van der Waals surface area contributed by atoms with Crippen LogP contribution in [0, 0.1) is 16.0 Å². The van der Waals surface area contributed by atoms with Crippen LogP contribution in [0.5, 0.6) is 0 Å².